The van der Waals surface area contributed by atoms with Gasteiger partial charge in [-0.2, -0.15) is 0 Å². The molecule has 3 heterocycles. The SMILES string of the molecule is C1=C(c2nc(C3=c4ccccc4=C(c4cccc5oc6ccc(-c7ccc8ccccc8c7)cc6c45)CC3)nc(-c3ccccc3)n2)c2c(oc3ccccc23)CC1. The van der Waals surface area contributed by atoms with Crippen LogP contribution in [0.3, 0.4) is 0 Å². The molecule has 0 radical (unpaired) electrons. The van der Waals surface area contributed by atoms with Crippen LogP contribution in [0.2, 0.25) is 0 Å². The number of aryl methyl sites for hydroxylation is 1. The smallest absolute Gasteiger partial charge is 0.164 e. The molecule has 0 fully saturated rings. The molecule has 5 nitrogen and oxygen atoms in total. The molecule has 0 spiro atoms. The fourth-order valence-electron chi connectivity index (χ4n) is 9.24. The number of aromatic nitrogens is 3. The van der Waals surface area contributed by atoms with Gasteiger partial charge in [0.2, 0.25) is 0 Å². The molecular weight excluding hydrogens is 711 g/mol. The highest BCUT2D eigenvalue weighted by Gasteiger charge is 2.26. The first-order valence-electron chi connectivity index (χ1n) is 20.0. The lowest BCUT2D eigenvalue weighted by Crippen LogP contribution is -2.33. The predicted octanol–water partition coefficient (Wildman–Crippen LogP) is 11.6. The standard InChI is InChI=1S/C53H35N3O2/c1-2-13-33(14-3-1)51-54-52(56-53(55-51)43-20-11-23-48-50(43)42-18-8-9-21-45(42)57-48)41-28-27-39(37-16-6-7-17-38(37)41)40-19-10-22-47-49(40)44-31-36(26-29-46(44)58-47)35-25-24-32-12-4-5-15-34(32)30-35/h1-10,12-22,24-26,29-31H,11,23,27-28H2. The molecule has 2 aliphatic carbocycles. The van der Waals surface area contributed by atoms with E-state index in [2.05, 4.69) is 133 Å². The molecule has 0 bridgehead atoms. The Kier molecular flexibility index (Phi) is 7.42. The number of benzene rings is 7. The van der Waals surface area contributed by atoms with Crippen LogP contribution in [0.15, 0.2) is 173 Å². The van der Waals surface area contributed by atoms with Crippen LogP contribution in [-0.4, -0.2) is 15.0 Å². The van der Waals surface area contributed by atoms with E-state index in [-0.39, 0.29) is 0 Å². The monoisotopic (exact) mass is 745 g/mol. The van der Waals surface area contributed by atoms with Crippen molar-refractivity contribution in [3.05, 3.63) is 203 Å². The van der Waals surface area contributed by atoms with Gasteiger partial charge in [-0.05, 0) is 93.1 Å². The molecule has 0 atom stereocenters. The number of hydrogen-bond acceptors (Lipinski definition) is 5. The van der Waals surface area contributed by atoms with Gasteiger partial charge in [0.15, 0.2) is 17.5 Å². The Balaban J connectivity index is 1.06. The zero-order valence-electron chi connectivity index (χ0n) is 31.6. The van der Waals surface area contributed by atoms with Crippen molar-refractivity contribution >= 4 is 60.4 Å². The van der Waals surface area contributed by atoms with Crippen LogP contribution in [0.5, 0.6) is 0 Å². The Morgan fingerprint density at radius 1 is 0.431 bits per heavy atom. The highest BCUT2D eigenvalue weighted by Crippen LogP contribution is 2.41. The first-order valence-corrected chi connectivity index (χ1v) is 20.0. The zero-order chi connectivity index (χ0) is 38.2. The first kappa shape index (κ1) is 32.8. The second kappa shape index (κ2) is 13.1. The third-order valence-electron chi connectivity index (χ3n) is 11.9. The number of para-hydroxylation sites is 1. The topological polar surface area (TPSA) is 65.0 Å². The maximum atomic E-state index is 6.54. The van der Waals surface area contributed by atoms with E-state index in [0.717, 1.165) is 91.8 Å². The average Bonchev–Trinajstić information content (AvgIpc) is 3.87. The zero-order valence-corrected chi connectivity index (χ0v) is 31.6. The van der Waals surface area contributed by atoms with Gasteiger partial charge in [-0.1, -0.05) is 133 Å². The molecule has 0 N–H and O–H groups in total. The number of fused-ring (bicyclic) bond motifs is 8. The fraction of sp³-hybridized carbons (Fsp3) is 0.0755. The summed E-state index contributed by atoms with van der Waals surface area (Å²) in [7, 11) is 0. The Morgan fingerprint density at radius 2 is 1.12 bits per heavy atom. The van der Waals surface area contributed by atoms with Crippen LogP contribution in [0.4, 0.5) is 0 Å². The summed E-state index contributed by atoms with van der Waals surface area (Å²) < 4.78 is 12.9. The number of hydrogen-bond donors (Lipinski definition) is 0. The van der Waals surface area contributed by atoms with E-state index in [0.29, 0.717) is 17.5 Å². The van der Waals surface area contributed by atoms with Crippen molar-refractivity contribution in [1.29, 1.82) is 0 Å². The van der Waals surface area contributed by atoms with E-state index in [1.165, 1.54) is 38.3 Å². The van der Waals surface area contributed by atoms with E-state index in [1.54, 1.807) is 0 Å². The molecule has 5 heteroatoms. The summed E-state index contributed by atoms with van der Waals surface area (Å²) in [5.41, 5.74) is 11.7. The van der Waals surface area contributed by atoms with Gasteiger partial charge in [-0.15, -0.1) is 0 Å². The Labute approximate surface area is 334 Å². The lowest BCUT2D eigenvalue weighted by Gasteiger charge is -2.19. The molecule has 12 rings (SSSR count). The van der Waals surface area contributed by atoms with E-state index in [1.807, 2.05) is 30.3 Å². The van der Waals surface area contributed by atoms with Gasteiger partial charge in [-0.3, -0.25) is 0 Å². The van der Waals surface area contributed by atoms with Crippen molar-refractivity contribution in [2.24, 2.45) is 0 Å². The van der Waals surface area contributed by atoms with Crippen molar-refractivity contribution in [3.8, 4) is 22.5 Å². The molecule has 3 aromatic heterocycles. The van der Waals surface area contributed by atoms with E-state index >= 15 is 0 Å². The molecule has 2 aliphatic rings. The minimum atomic E-state index is 0.665. The van der Waals surface area contributed by atoms with Crippen LogP contribution in [0, 0.1) is 0 Å². The first-order chi connectivity index (χ1) is 28.7. The van der Waals surface area contributed by atoms with Gasteiger partial charge in [0, 0.05) is 44.9 Å². The van der Waals surface area contributed by atoms with Crippen LogP contribution in [0.25, 0.3) is 82.9 Å². The highest BCUT2D eigenvalue weighted by atomic mass is 16.3. The maximum Gasteiger partial charge on any atom is 0.164 e. The van der Waals surface area contributed by atoms with Crippen LogP contribution < -0.4 is 10.4 Å². The summed E-state index contributed by atoms with van der Waals surface area (Å²) in [6.45, 7) is 0. The van der Waals surface area contributed by atoms with Crippen molar-refractivity contribution < 1.29 is 8.83 Å². The number of allylic oxidation sites excluding steroid dienone is 1. The molecule has 58 heavy (non-hydrogen) atoms. The third kappa shape index (κ3) is 5.27. The molecule has 0 saturated heterocycles. The number of rotatable bonds is 5. The molecule has 0 aliphatic heterocycles. The van der Waals surface area contributed by atoms with Crippen LogP contribution in [0.1, 0.15) is 47.8 Å². The van der Waals surface area contributed by atoms with Gasteiger partial charge in [0.05, 0.1) is 0 Å². The van der Waals surface area contributed by atoms with Crippen molar-refractivity contribution in [1.82, 2.24) is 15.0 Å². The Bertz CT molecular complexity index is 3460. The summed E-state index contributed by atoms with van der Waals surface area (Å²) in [6.07, 6.45) is 5.58. The second-order valence-electron chi connectivity index (χ2n) is 15.3. The average molecular weight is 746 g/mol. The lowest BCUT2D eigenvalue weighted by atomic mass is 9.87. The molecule has 10 aromatic rings. The highest BCUT2D eigenvalue weighted by molar-refractivity contribution is 6.11. The molecular formula is C53H35N3O2. The summed E-state index contributed by atoms with van der Waals surface area (Å²) in [5, 5.41) is 8.17. The third-order valence-corrected chi connectivity index (χ3v) is 11.9. The van der Waals surface area contributed by atoms with Gasteiger partial charge in [-0.25, -0.2) is 15.0 Å². The van der Waals surface area contributed by atoms with Crippen LogP contribution in [-0.2, 0) is 6.42 Å². The van der Waals surface area contributed by atoms with Gasteiger partial charge in [0.25, 0.3) is 0 Å². The summed E-state index contributed by atoms with van der Waals surface area (Å²) in [4.78, 5) is 15.7. The van der Waals surface area contributed by atoms with Gasteiger partial charge in [0.1, 0.15) is 22.5 Å². The van der Waals surface area contributed by atoms with E-state index in [9.17, 15) is 0 Å². The molecule has 0 amide bonds. The Hall–Kier alpha value is -7.37. The normalized spacial score (nSPS) is 14.0. The summed E-state index contributed by atoms with van der Waals surface area (Å²) in [6, 6.07) is 55.5. The van der Waals surface area contributed by atoms with Crippen molar-refractivity contribution in [2.75, 3.05) is 0 Å². The van der Waals surface area contributed by atoms with Crippen molar-refractivity contribution in [2.45, 2.75) is 25.7 Å². The number of furan rings is 2. The van der Waals surface area contributed by atoms with Gasteiger partial charge >= 0.3 is 0 Å². The fourth-order valence-corrected chi connectivity index (χ4v) is 9.24. The lowest BCUT2D eigenvalue weighted by molar-refractivity contribution is 0.545. The molecule has 274 valence electrons. The largest absolute Gasteiger partial charge is 0.460 e. The minimum absolute atomic E-state index is 0.665. The molecule has 7 aromatic carbocycles. The van der Waals surface area contributed by atoms with Crippen molar-refractivity contribution in [3.63, 3.8) is 0 Å². The summed E-state index contributed by atoms with van der Waals surface area (Å²) in [5.74, 6) is 3.04. The Morgan fingerprint density at radius 3 is 2.03 bits per heavy atom. The van der Waals surface area contributed by atoms with E-state index in [4.69, 9.17) is 23.8 Å². The second-order valence-corrected chi connectivity index (χ2v) is 15.3. The molecule has 0 saturated carbocycles. The number of nitrogens with zero attached hydrogens (tertiary/aromatic N) is 3. The maximum absolute atomic E-state index is 6.54. The summed E-state index contributed by atoms with van der Waals surface area (Å²) >= 11 is 0. The minimum Gasteiger partial charge on any atom is -0.460 e. The van der Waals surface area contributed by atoms with Crippen LogP contribution >= 0.6 is 0 Å². The molecule has 0 unspecified atom stereocenters. The van der Waals surface area contributed by atoms with E-state index < -0.39 is 0 Å². The quantitative estimate of drug-likeness (QED) is 0.175. The predicted molar refractivity (Wildman–Crippen MR) is 233 cm³/mol. The van der Waals surface area contributed by atoms with Gasteiger partial charge < -0.3 is 8.83 Å².